The first-order chi connectivity index (χ1) is 7.87. The van der Waals surface area contributed by atoms with Gasteiger partial charge in [-0.05, 0) is 36.7 Å². The zero-order chi connectivity index (χ0) is 12.6. The molecule has 0 radical (unpaired) electrons. The Bertz CT molecular complexity index is 436. The van der Waals surface area contributed by atoms with Crippen LogP contribution in [-0.2, 0) is 16.1 Å². The Balaban J connectivity index is 2.05. The number of aromatic nitrogens is 2. The normalized spacial score (nSPS) is 19.4. The molecule has 0 amide bonds. The zero-order valence-electron chi connectivity index (χ0n) is 10.2. The number of hydrogen-bond donors (Lipinski definition) is 1. The Kier molecular flexibility index (Phi) is 3.16. The zero-order valence-corrected chi connectivity index (χ0v) is 11.7. The maximum absolute atomic E-state index is 11.9. The molecule has 6 heteroatoms. The van der Waals surface area contributed by atoms with Gasteiger partial charge in [0, 0.05) is 6.54 Å². The van der Waals surface area contributed by atoms with Crippen LogP contribution in [0.1, 0.15) is 20.8 Å². The van der Waals surface area contributed by atoms with Gasteiger partial charge >= 0.3 is 5.97 Å². The fraction of sp³-hybridized carbons (Fsp3) is 0.636. The summed E-state index contributed by atoms with van der Waals surface area (Å²) in [7, 11) is 0. The van der Waals surface area contributed by atoms with Gasteiger partial charge in [0.2, 0.25) is 0 Å². The third-order valence-electron chi connectivity index (χ3n) is 2.44. The van der Waals surface area contributed by atoms with Crippen molar-refractivity contribution in [1.29, 1.82) is 0 Å². The molecule has 1 atom stereocenters. The van der Waals surface area contributed by atoms with Gasteiger partial charge in [-0.2, -0.15) is 5.10 Å². The molecule has 1 unspecified atom stereocenters. The van der Waals surface area contributed by atoms with Gasteiger partial charge in [-0.3, -0.25) is 4.79 Å². The summed E-state index contributed by atoms with van der Waals surface area (Å²) in [6.07, 6.45) is 1.72. The number of fused-ring (bicyclic) bond motifs is 1. The SMILES string of the molecule is CC(C)(C)OC(=O)C1CNc2c(Br)cnn2C1. The lowest BCUT2D eigenvalue weighted by Gasteiger charge is -2.27. The summed E-state index contributed by atoms with van der Waals surface area (Å²) >= 11 is 3.40. The van der Waals surface area contributed by atoms with E-state index in [0.29, 0.717) is 13.1 Å². The van der Waals surface area contributed by atoms with Crippen LogP contribution in [0.4, 0.5) is 5.82 Å². The predicted octanol–water partition coefficient (Wildman–Crippen LogP) is 2.03. The van der Waals surface area contributed by atoms with E-state index in [1.165, 1.54) is 0 Å². The molecular formula is C11H16BrN3O2. The number of nitrogens with one attached hydrogen (secondary N) is 1. The summed E-state index contributed by atoms with van der Waals surface area (Å²) in [6.45, 7) is 6.76. The first-order valence-corrected chi connectivity index (χ1v) is 6.34. The van der Waals surface area contributed by atoms with Crippen LogP contribution in [0, 0.1) is 5.92 Å². The lowest BCUT2D eigenvalue weighted by Crippen LogP contribution is -2.37. The van der Waals surface area contributed by atoms with Crippen LogP contribution >= 0.6 is 15.9 Å². The number of carbonyl (C=O) groups is 1. The number of ether oxygens (including phenoxy) is 1. The maximum atomic E-state index is 11.9. The molecule has 0 bridgehead atoms. The molecular weight excluding hydrogens is 286 g/mol. The van der Waals surface area contributed by atoms with Gasteiger partial charge in [-0.1, -0.05) is 0 Å². The number of esters is 1. The van der Waals surface area contributed by atoms with Gasteiger partial charge in [0.05, 0.1) is 23.1 Å². The first-order valence-electron chi connectivity index (χ1n) is 5.55. The molecule has 94 valence electrons. The Morgan fingerprint density at radius 1 is 1.65 bits per heavy atom. The van der Waals surface area contributed by atoms with Crippen LogP contribution in [0.15, 0.2) is 10.7 Å². The van der Waals surface area contributed by atoms with Gasteiger partial charge < -0.3 is 10.1 Å². The second kappa shape index (κ2) is 4.33. The lowest BCUT2D eigenvalue weighted by molar-refractivity contribution is -0.160. The van der Waals surface area contributed by atoms with Crippen molar-refractivity contribution in [3.05, 3.63) is 10.7 Å². The molecule has 0 saturated heterocycles. The third-order valence-corrected chi connectivity index (χ3v) is 3.02. The summed E-state index contributed by atoms with van der Waals surface area (Å²) in [6, 6.07) is 0. The molecule has 1 N–H and O–H groups in total. The Morgan fingerprint density at radius 2 is 2.35 bits per heavy atom. The van der Waals surface area contributed by atoms with Crippen molar-refractivity contribution in [1.82, 2.24) is 9.78 Å². The standard InChI is InChI=1S/C11H16BrN3O2/c1-11(2,3)17-10(16)7-4-13-9-8(12)5-14-15(9)6-7/h5,7,13H,4,6H2,1-3H3. The number of nitrogens with zero attached hydrogens (tertiary/aromatic N) is 2. The van der Waals surface area contributed by atoms with E-state index in [1.807, 2.05) is 20.8 Å². The fourth-order valence-corrected chi connectivity index (χ4v) is 2.15. The molecule has 1 aliphatic heterocycles. The summed E-state index contributed by atoms with van der Waals surface area (Å²) in [5.74, 6) is 0.556. The summed E-state index contributed by atoms with van der Waals surface area (Å²) in [5.41, 5.74) is -0.442. The highest BCUT2D eigenvalue weighted by Gasteiger charge is 2.29. The van der Waals surface area contributed by atoms with E-state index in [1.54, 1.807) is 10.9 Å². The first kappa shape index (κ1) is 12.4. The Hall–Kier alpha value is -1.04. The second-order valence-electron chi connectivity index (χ2n) is 5.13. The minimum Gasteiger partial charge on any atom is -0.460 e. The average Bonchev–Trinajstić information content (AvgIpc) is 2.57. The van der Waals surface area contributed by atoms with Crippen LogP contribution in [-0.4, -0.2) is 27.9 Å². The molecule has 0 fully saturated rings. The van der Waals surface area contributed by atoms with E-state index >= 15 is 0 Å². The van der Waals surface area contributed by atoms with Crippen molar-refractivity contribution in [2.45, 2.75) is 32.9 Å². The van der Waals surface area contributed by atoms with Gasteiger partial charge in [0.15, 0.2) is 0 Å². The predicted molar refractivity (Wildman–Crippen MR) is 67.8 cm³/mol. The van der Waals surface area contributed by atoms with Crippen LogP contribution < -0.4 is 5.32 Å². The largest absolute Gasteiger partial charge is 0.460 e. The number of rotatable bonds is 1. The molecule has 17 heavy (non-hydrogen) atoms. The van der Waals surface area contributed by atoms with E-state index in [2.05, 4.69) is 26.3 Å². The van der Waals surface area contributed by atoms with E-state index in [0.717, 1.165) is 10.3 Å². The molecule has 0 aliphatic carbocycles. The van der Waals surface area contributed by atoms with Crippen LogP contribution in [0.2, 0.25) is 0 Å². The molecule has 2 heterocycles. The monoisotopic (exact) mass is 301 g/mol. The smallest absolute Gasteiger partial charge is 0.313 e. The van der Waals surface area contributed by atoms with Gasteiger partial charge in [-0.15, -0.1) is 0 Å². The van der Waals surface area contributed by atoms with Crippen molar-refractivity contribution in [2.24, 2.45) is 5.92 Å². The highest BCUT2D eigenvalue weighted by Crippen LogP contribution is 2.27. The number of anilines is 1. The number of carbonyl (C=O) groups excluding carboxylic acids is 1. The van der Waals surface area contributed by atoms with E-state index in [-0.39, 0.29) is 11.9 Å². The molecule has 0 saturated carbocycles. The summed E-state index contributed by atoms with van der Waals surface area (Å²) < 4.78 is 8.06. The van der Waals surface area contributed by atoms with Crippen LogP contribution in [0.5, 0.6) is 0 Å². The van der Waals surface area contributed by atoms with Crippen molar-refractivity contribution < 1.29 is 9.53 Å². The van der Waals surface area contributed by atoms with Crippen molar-refractivity contribution >= 4 is 27.7 Å². The van der Waals surface area contributed by atoms with Gasteiger partial charge in [0.1, 0.15) is 11.4 Å². The van der Waals surface area contributed by atoms with E-state index in [9.17, 15) is 4.79 Å². The van der Waals surface area contributed by atoms with Crippen molar-refractivity contribution in [2.75, 3.05) is 11.9 Å². The highest BCUT2D eigenvalue weighted by molar-refractivity contribution is 9.10. The molecule has 1 aliphatic rings. The third kappa shape index (κ3) is 2.80. The van der Waals surface area contributed by atoms with Crippen molar-refractivity contribution in [3.63, 3.8) is 0 Å². The van der Waals surface area contributed by atoms with Gasteiger partial charge in [0.25, 0.3) is 0 Å². The summed E-state index contributed by atoms with van der Waals surface area (Å²) in [4.78, 5) is 11.9. The molecule has 1 aromatic rings. The van der Waals surface area contributed by atoms with Crippen LogP contribution in [0.3, 0.4) is 0 Å². The Labute approximate surface area is 109 Å². The number of hydrogen-bond acceptors (Lipinski definition) is 4. The lowest BCUT2D eigenvalue weighted by atomic mass is 10.1. The fourth-order valence-electron chi connectivity index (χ4n) is 1.71. The second-order valence-corrected chi connectivity index (χ2v) is 5.99. The maximum Gasteiger partial charge on any atom is 0.313 e. The molecule has 1 aromatic heterocycles. The minimum absolute atomic E-state index is 0.178. The van der Waals surface area contributed by atoms with Crippen LogP contribution in [0.25, 0.3) is 0 Å². The Morgan fingerprint density at radius 3 is 3.00 bits per heavy atom. The van der Waals surface area contributed by atoms with Crippen molar-refractivity contribution in [3.8, 4) is 0 Å². The molecule has 2 rings (SSSR count). The quantitative estimate of drug-likeness (QED) is 0.807. The summed E-state index contributed by atoms with van der Waals surface area (Å²) in [5, 5.41) is 7.37. The van der Waals surface area contributed by atoms with Gasteiger partial charge in [-0.25, -0.2) is 4.68 Å². The number of halogens is 1. The minimum atomic E-state index is -0.442. The molecule has 0 aromatic carbocycles. The average molecular weight is 302 g/mol. The van der Waals surface area contributed by atoms with E-state index in [4.69, 9.17) is 4.74 Å². The molecule has 0 spiro atoms. The highest BCUT2D eigenvalue weighted by atomic mass is 79.9. The van der Waals surface area contributed by atoms with E-state index < -0.39 is 5.60 Å². The topological polar surface area (TPSA) is 56.1 Å². The molecule has 5 nitrogen and oxygen atoms in total.